The second-order valence-electron chi connectivity index (χ2n) is 8.19. The summed E-state index contributed by atoms with van der Waals surface area (Å²) in [7, 11) is 0. The number of hydrogen-bond donors (Lipinski definition) is 2. The molecule has 1 aliphatic rings. The van der Waals surface area contributed by atoms with Crippen molar-refractivity contribution in [3.05, 3.63) is 75.4 Å². The SMILES string of the molecule is CC(/C(=N/O)Nc1ccc(F)c(Cl)c1)C1CCC(c2ccc3oc(=O)ccc3c2)CC1. The highest BCUT2D eigenvalue weighted by molar-refractivity contribution is 6.31. The maximum absolute atomic E-state index is 13.4. The van der Waals surface area contributed by atoms with Crippen LogP contribution < -0.4 is 10.9 Å². The van der Waals surface area contributed by atoms with Gasteiger partial charge in [-0.15, -0.1) is 0 Å². The third kappa shape index (κ3) is 4.74. The van der Waals surface area contributed by atoms with Crippen LogP contribution in [0.5, 0.6) is 0 Å². The van der Waals surface area contributed by atoms with E-state index in [9.17, 15) is 14.4 Å². The number of rotatable bonds is 4. The van der Waals surface area contributed by atoms with E-state index in [-0.39, 0.29) is 16.6 Å². The van der Waals surface area contributed by atoms with Gasteiger partial charge in [-0.05, 0) is 79.5 Å². The van der Waals surface area contributed by atoms with Gasteiger partial charge in [-0.3, -0.25) is 0 Å². The Bertz CT molecular complexity index is 1170. The molecular formula is C24H24ClFN2O3. The largest absolute Gasteiger partial charge is 0.423 e. The number of nitrogens with one attached hydrogen (secondary N) is 1. The first-order chi connectivity index (χ1) is 14.9. The van der Waals surface area contributed by atoms with Crippen LogP contribution >= 0.6 is 11.6 Å². The van der Waals surface area contributed by atoms with Crippen LogP contribution in [0.2, 0.25) is 5.02 Å². The quantitative estimate of drug-likeness (QED) is 0.161. The molecule has 5 nitrogen and oxygen atoms in total. The molecule has 3 aromatic rings. The van der Waals surface area contributed by atoms with Crippen LogP contribution in [0.4, 0.5) is 10.1 Å². The topological polar surface area (TPSA) is 74.8 Å². The highest BCUT2D eigenvalue weighted by Crippen LogP contribution is 2.40. The van der Waals surface area contributed by atoms with E-state index >= 15 is 0 Å². The summed E-state index contributed by atoms with van der Waals surface area (Å²) < 4.78 is 18.6. The zero-order valence-corrected chi connectivity index (χ0v) is 17.9. The normalized spacial score (nSPS) is 20.5. The van der Waals surface area contributed by atoms with Gasteiger partial charge in [-0.1, -0.05) is 29.7 Å². The summed E-state index contributed by atoms with van der Waals surface area (Å²) in [6.07, 6.45) is 4.05. The molecule has 2 N–H and O–H groups in total. The Morgan fingerprint density at radius 3 is 2.65 bits per heavy atom. The third-order valence-electron chi connectivity index (χ3n) is 6.32. The van der Waals surface area contributed by atoms with Gasteiger partial charge in [-0.2, -0.15) is 0 Å². The Morgan fingerprint density at radius 1 is 1.16 bits per heavy atom. The number of hydrogen-bond acceptors (Lipinski definition) is 4. The fraction of sp³-hybridized carbons (Fsp3) is 0.333. The molecular weight excluding hydrogens is 419 g/mol. The summed E-state index contributed by atoms with van der Waals surface area (Å²) in [4.78, 5) is 11.4. The van der Waals surface area contributed by atoms with Crippen molar-refractivity contribution in [2.45, 2.75) is 38.5 Å². The van der Waals surface area contributed by atoms with E-state index in [1.807, 2.05) is 19.1 Å². The summed E-state index contributed by atoms with van der Waals surface area (Å²) in [5.41, 5.74) is 2.10. The van der Waals surface area contributed by atoms with Gasteiger partial charge in [-0.25, -0.2) is 9.18 Å². The molecule has 0 saturated heterocycles. The van der Waals surface area contributed by atoms with Gasteiger partial charge in [0.15, 0.2) is 0 Å². The molecule has 0 aliphatic heterocycles. The van der Waals surface area contributed by atoms with Gasteiger partial charge in [0.2, 0.25) is 0 Å². The summed E-state index contributed by atoms with van der Waals surface area (Å²) in [5, 5.41) is 17.0. The van der Waals surface area contributed by atoms with Crippen LogP contribution in [0.15, 0.2) is 62.9 Å². The Kier molecular flexibility index (Phi) is 6.28. The van der Waals surface area contributed by atoms with Crippen molar-refractivity contribution in [2.24, 2.45) is 17.0 Å². The molecule has 31 heavy (non-hydrogen) atoms. The zero-order valence-electron chi connectivity index (χ0n) is 17.1. The standard InChI is InChI=1S/C24H24ClFN2O3/c1-14(24(28-30)27-19-8-9-21(26)20(25)13-19)15-2-4-16(5-3-15)17-6-10-22-18(12-17)7-11-23(29)31-22/h6-16,30H,2-5H2,1H3,(H,27,28). The lowest BCUT2D eigenvalue weighted by Crippen LogP contribution is -2.30. The van der Waals surface area contributed by atoms with E-state index in [1.165, 1.54) is 23.8 Å². The second-order valence-corrected chi connectivity index (χ2v) is 8.60. The number of amidine groups is 1. The highest BCUT2D eigenvalue weighted by atomic mass is 35.5. The maximum atomic E-state index is 13.4. The molecule has 0 radical (unpaired) electrons. The third-order valence-corrected chi connectivity index (χ3v) is 6.61. The van der Waals surface area contributed by atoms with E-state index in [0.717, 1.165) is 31.1 Å². The van der Waals surface area contributed by atoms with E-state index in [2.05, 4.69) is 16.5 Å². The Morgan fingerprint density at radius 2 is 1.94 bits per heavy atom. The molecule has 1 atom stereocenters. The van der Waals surface area contributed by atoms with Crippen molar-refractivity contribution in [3.8, 4) is 0 Å². The number of anilines is 1. The van der Waals surface area contributed by atoms with Crippen molar-refractivity contribution in [1.29, 1.82) is 0 Å². The number of benzene rings is 2. The van der Waals surface area contributed by atoms with Crippen LogP contribution in [0.1, 0.15) is 44.1 Å². The lowest BCUT2D eigenvalue weighted by Gasteiger charge is -2.33. The molecule has 1 unspecified atom stereocenters. The molecule has 4 rings (SSSR count). The lowest BCUT2D eigenvalue weighted by molar-refractivity contribution is 0.273. The molecule has 1 aromatic heterocycles. The molecule has 7 heteroatoms. The van der Waals surface area contributed by atoms with Crippen LogP contribution in [0, 0.1) is 17.7 Å². The highest BCUT2D eigenvalue weighted by Gasteiger charge is 2.29. The van der Waals surface area contributed by atoms with Gasteiger partial charge in [0, 0.05) is 23.1 Å². The van der Waals surface area contributed by atoms with E-state index < -0.39 is 5.82 Å². The van der Waals surface area contributed by atoms with Crippen molar-refractivity contribution in [2.75, 3.05) is 5.32 Å². The lowest BCUT2D eigenvalue weighted by atomic mass is 9.74. The van der Waals surface area contributed by atoms with Gasteiger partial charge in [0.1, 0.15) is 17.2 Å². The first-order valence-corrected chi connectivity index (χ1v) is 10.8. The van der Waals surface area contributed by atoms with Gasteiger partial charge >= 0.3 is 5.63 Å². The predicted molar refractivity (Wildman–Crippen MR) is 121 cm³/mol. The molecule has 1 heterocycles. The van der Waals surface area contributed by atoms with Crippen LogP contribution in [0.3, 0.4) is 0 Å². The van der Waals surface area contributed by atoms with E-state index in [1.54, 1.807) is 12.1 Å². The average molecular weight is 443 g/mol. The van der Waals surface area contributed by atoms with Crippen molar-refractivity contribution in [1.82, 2.24) is 0 Å². The monoisotopic (exact) mass is 442 g/mol. The Hall–Kier alpha value is -2.86. The Balaban J connectivity index is 1.40. The van der Waals surface area contributed by atoms with Crippen molar-refractivity contribution >= 4 is 34.1 Å². The smallest absolute Gasteiger partial charge is 0.336 e. The molecule has 2 aromatic carbocycles. The molecule has 1 fully saturated rings. The molecule has 1 saturated carbocycles. The van der Waals surface area contributed by atoms with E-state index in [0.29, 0.717) is 28.9 Å². The summed E-state index contributed by atoms with van der Waals surface area (Å²) in [6, 6.07) is 13.6. The number of halogens is 2. The average Bonchev–Trinajstić information content (AvgIpc) is 2.79. The van der Waals surface area contributed by atoms with Crippen LogP contribution in [-0.4, -0.2) is 11.0 Å². The number of fused-ring (bicyclic) bond motifs is 1. The molecule has 0 bridgehead atoms. The fourth-order valence-corrected chi connectivity index (χ4v) is 4.65. The summed E-state index contributed by atoms with van der Waals surface area (Å²) in [6.45, 7) is 2.04. The molecule has 0 amide bonds. The van der Waals surface area contributed by atoms with Crippen molar-refractivity contribution < 1.29 is 14.0 Å². The van der Waals surface area contributed by atoms with Gasteiger partial charge in [0.25, 0.3) is 0 Å². The Labute approximate surface area is 184 Å². The van der Waals surface area contributed by atoms with Gasteiger partial charge in [0.05, 0.1) is 5.02 Å². The minimum absolute atomic E-state index is 0.0145. The summed E-state index contributed by atoms with van der Waals surface area (Å²) in [5.74, 6) is 0.784. The predicted octanol–water partition coefficient (Wildman–Crippen LogP) is 6.40. The molecule has 162 valence electrons. The van der Waals surface area contributed by atoms with Crippen LogP contribution in [-0.2, 0) is 0 Å². The maximum Gasteiger partial charge on any atom is 0.336 e. The molecule has 0 spiro atoms. The minimum Gasteiger partial charge on any atom is -0.423 e. The first kappa shape index (κ1) is 21.4. The fourth-order valence-electron chi connectivity index (χ4n) is 4.47. The van der Waals surface area contributed by atoms with E-state index in [4.69, 9.17) is 16.0 Å². The first-order valence-electron chi connectivity index (χ1n) is 10.4. The minimum atomic E-state index is -0.489. The van der Waals surface area contributed by atoms with Crippen molar-refractivity contribution in [3.63, 3.8) is 0 Å². The second kappa shape index (κ2) is 9.10. The van der Waals surface area contributed by atoms with Gasteiger partial charge < -0.3 is 14.9 Å². The summed E-state index contributed by atoms with van der Waals surface area (Å²) >= 11 is 5.85. The number of nitrogens with zero attached hydrogens (tertiary/aromatic N) is 1. The molecule has 1 aliphatic carbocycles. The van der Waals surface area contributed by atoms with Crippen LogP contribution in [0.25, 0.3) is 11.0 Å². The number of oxime groups is 1. The zero-order chi connectivity index (χ0) is 22.0.